The molecule has 0 spiro atoms. The Kier molecular flexibility index (Phi) is 7.61. The van der Waals surface area contributed by atoms with E-state index in [4.69, 9.17) is 9.47 Å². The van der Waals surface area contributed by atoms with Gasteiger partial charge in [0.25, 0.3) is 0 Å². The number of rotatable bonds is 9. The summed E-state index contributed by atoms with van der Waals surface area (Å²) < 4.78 is 11.2. The molecule has 0 fully saturated rings. The van der Waals surface area contributed by atoms with Crippen LogP contribution < -0.4 is 20.1 Å². The largest absolute Gasteiger partial charge is 0.493 e. The van der Waals surface area contributed by atoms with Gasteiger partial charge in [-0.15, -0.1) is 0 Å². The van der Waals surface area contributed by atoms with Gasteiger partial charge in [0.2, 0.25) is 5.91 Å². The fourth-order valence-corrected chi connectivity index (χ4v) is 1.78. The van der Waals surface area contributed by atoms with Gasteiger partial charge in [0.15, 0.2) is 11.5 Å². The number of hydrogen-bond acceptors (Lipinski definition) is 4. The van der Waals surface area contributed by atoms with E-state index in [0.29, 0.717) is 19.5 Å². The number of nitrogens with one attached hydrogen (secondary N) is 2. The van der Waals surface area contributed by atoms with Crippen LogP contribution >= 0.6 is 0 Å². The van der Waals surface area contributed by atoms with E-state index >= 15 is 0 Å². The highest BCUT2D eigenvalue weighted by molar-refractivity contribution is 5.75. The Labute approximate surface area is 127 Å². The summed E-state index contributed by atoms with van der Waals surface area (Å²) in [7, 11) is 3.28. The van der Waals surface area contributed by atoms with E-state index < -0.39 is 0 Å². The lowest BCUT2D eigenvalue weighted by atomic mass is 10.2. The molecule has 0 saturated heterocycles. The number of ether oxygens (including phenoxy) is 2. The maximum Gasteiger partial charge on any atom is 0.221 e. The summed E-state index contributed by atoms with van der Waals surface area (Å²) in [6.45, 7) is 5.46. The lowest BCUT2D eigenvalue weighted by Crippen LogP contribution is -2.24. The number of carbonyl (C=O) groups excluding carboxylic acids is 1. The van der Waals surface area contributed by atoms with Gasteiger partial charge in [0.1, 0.15) is 0 Å². The highest BCUT2D eigenvalue weighted by Crippen LogP contribution is 2.29. The highest BCUT2D eigenvalue weighted by atomic mass is 16.5. The van der Waals surface area contributed by atoms with E-state index in [1.54, 1.807) is 14.2 Å². The molecular weight excluding hydrogens is 268 g/mol. The molecule has 1 amide bonds. The molecule has 0 bridgehead atoms. The zero-order chi connectivity index (χ0) is 15.7. The molecule has 0 aliphatic rings. The van der Waals surface area contributed by atoms with Crippen LogP contribution in [-0.2, 0) is 11.3 Å². The van der Waals surface area contributed by atoms with Crippen LogP contribution in [0.3, 0.4) is 0 Å². The Bertz CT molecular complexity index is 449. The Balaban J connectivity index is 2.58. The van der Waals surface area contributed by atoms with Gasteiger partial charge < -0.3 is 20.1 Å². The molecule has 0 unspecified atom stereocenters. The first-order valence-corrected chi connectivity index (χ1v) is 7.35. The number of methoxy groups -OCH3 is 1. The van der Waals surface area contributed by atoms with Crippen molar-refractivity contribution < 1.29 is 14.3 Å². The molecule has 2 N–H and O–H groups in total. The van der Waals surface area contributed by atoms with Crippen molar-refractivity contribution in [3.63, 3.8) is 0 Å². The fraction of sp³-hybridized carbons (Fsp3) is 0.562. The molecule has 1 rings (SSSR count). The molecule has 5 heteroatoms. The zero-order valence-corrected chi connectivity index (χ0v) is 13.4. The SMILES string of the molecule is CC[C@H](C)Oc1cc(CNCCC(=O)NC)ccc1OC. The molecule has 5 nitrogen and oxygen atoms in total. The monoisotopic (exact) mass is 294 g/mol. The molecule has 0 saturated carbocycles. The minimum absolute atomic E-state index is 0.0398. The van der Waals surface area contributed by atoms with Crippen molar-refractivity contribution in [2.75, 3.05) is 20.7 Å². The van der Waals surface area contributed by atoms with Crippen molar-refractivity contribution in [3.8, 4) is 11.5 Å². The average molecular weight is 294 g/mol. The van der Waals surface area contributed by atoms with Crippen LogP contribution in [0.2, 0.25) is 0 Å². The Hall–Kier alpha value is -1.75. The maximum absolute atomic E-state index is 11.1. The van der Waals surface area contributed by atoms with Crippen LogP contribution in [0.5, 0.6) is 11.5 Å². The summed E-state index contributed by atoms with van der Waals surface area (Å²) in [5.74, 6) is 1.54. The lowest BCUT2D eigenvalue weighted by Gasteiger charge is -2.16. The predicted octanol–water partition coefficient (Wildman–Crippen LogP) is 2.10. The molecule has 0 aliphatic carbocycles. The molecule has 1 aromatic carbocycles. The van der Waals surface area contributed by atoms with Crippen LogP contribution in [0, 0.1) is 0 Å². The van der Waals surface area contributed by atoms with Crippen LogP contribution in [0.1, 0.15) is 32.3 Å². The molecule has 1 atom stereocenters. The van der Waals surface area contributed by atoms with Crippen LogP contribution in [0.25, 0.3) is 0 Å². The molecular formula is C16H26N2O3. The van der Waals surface area contributed by atoms with Crippen molar-refractivity contribution in [1.29, 1.82) is 0 Å². The van der Waals surface area contributed by atoms with Crippen molar-refractivity contribution in [2.45, 2.75) is 39.3 Å². The summed E-state index contributed by atoms with van der Waals surface area (Å²) >= 11 is 0. The molecule has 0 heterocycles. The molecule has 0 radical (unpaired) electrons. The Morgan fingerprint density at radius 2 is 2.10 bits per heavy atom. The average Bonchev–Trinajstić information content (AvgIpc) is 2.51. The van der Waals surface area contributed by atoms with E-state index in [2.05, 4.69) is 17.6 Å². The first-order chi connectivity index (χ1) is 10.1. The number of benzene rings is 1. The van der Waals surface area contributed by atoms with E-state index in [1.165, 1.54) is 0 Å². The van der Waals surface area contributed by atoms with Crippen molar-refractivity contribution in [2.24, 2.45) is 0 Å². The fourth-order valence-electron chi connectivity index (χ4n) is 1.78. The van der Waals surface area contributed by atoms with Gasteiger partial charge in [-0.05, 0) is 31.0 Å². The van der Waals surface area contributed by atoms with Gasteiger partial charge >= 0.3 is 0 Å². The summed E-state index contributed by atoms with van der Waals surface area (Å²) in [5, 5.41) is 5.84. The van der Waals surface area contributed by atoms with Gasteiger partial charge in [-0.3, -0.25) is 4.79 Å². The van der Waals surface area contributed by atoms with Gasteiger partial charge in [0, 0.05) is 26.6 Å². The molecule has 118 valence electrons. The third-order valence-corrected chi connectivity index (χ3v) is 3.27. The predicted molar refractivity (Wildman–Crippen MR) is 83.8 cm³/mol. The second-order valence-corrected chi connectivity index (χ2v) is 4.92. The Morgan fingerprint density at radius 3 is 2.71 bits per heavy atom. The van der Waals surface area contributed by atoms with Gasteiger partial charge in [-0.25, -0.2) is 0 Å². The standard InChI is InChI=1S/C16H26N2O3/c1-5-12(2)21-15-10-13(6-7-14(15)20-4)11-18-9-8-16(19)17-3/h6-7,10,12,18H,5,8-9,11H2,1-4H3,(H,17,19)/t12-/m0/s1. The quantitative estimate of drug-likeness (QED) is 0.685. The third-order valence-electron chi connectivity index (χ3n) is 3.27. The van der Waals surface area contributed by atoms with Gasteiger partial charge in [0.05, 0.1) is 13.2 Å². The molecule has 1 aromatic rings. The molecule has 21 heavy (non-hydrogen) atoms. The van der Waals surface area contributed by atoms with Crippen molar-refractivity contribution in [3.05, 3.63) is 23.8 Å². The number of amides is 1. The van der Waals surface area contributed by atoms with E-state index in [1.807, 2.05) is 25.1 Å². The summed E-state index contributed by atoms with van der Waals surface area (Å²) in [6.07, 6.45) is 1.57. The minimum atomic E-state index is 0.0398. The second kappa shape index (κ2) is 9.23. The molecule has 0 aliphatic heterocycles. The van der Waals surface area contributed by atoms with E-state index in [9.17, 15) is 4.79 Å². The van der Waals surface area contributed by atoms with Crippen LogP contribution in [-0.4, -0.2) is 32.7 Å². The topological polar surface area (TPSA) is 59.6 Å². The van der Waals surface area contributed by atoms with Crippen LogP contribution in [0.15, 0.2) is 18.2 Å². The number of hydrogen-bond donors (Lipinski definition) is 2. The molecule has 0 aromatic heterocycles. The van der Waals surface area contributed by atoms with Gasteiger partial charge in [-0.1, -0.05) is 13.0 Å². The van der Waals surface area contributed by atoms with Crippen molar-refractivity contribution in [1.82, 2.24) is 10.6 Å². The van der Waals surface area contributed by atoms with Crippen LogP contribution in [0.4, 0.5) is 0 Å². The first kappa shape index (κ1) is 17.3. The zero-order valence-electron chi connectivity index (χ0n) is 13.4. The second-order valence-electron chi connectivity index (χ2n) is 4.92. The normalized spacial score (nSPS) is 11.8. The van der Waals surface area contributed by atoms with Crippen molar-refractivity contribution >= 4 is 5.91 Å². The summed E-state index contributed by atoms with van der Waals surface area (Å²) in [6, 6.07) is 5.89. The van der Waals surface area contributed by atoms with E-state index in [-0.39, 0.29) is 12.0 Å². The maximum atomic E-state index is 11.1. The summed E-state index contributed by atoms with van der Waals surface area (Å²) in [4.78, 5) is 11.1. The minimum Gasteiger partial charge on any atom is -0.493 e. The van der Waals surface area contributed by atoms with E-state index in [0.717, 1.165) is 23.5 Å². The lowest BCUT2D eigenvalue weighted by molar-refractivity contribution is -0.120. The smallest absolute Gasteiger partial charge is 0.221 e. The summed E-state index contributed by atoms with van der Waals surface area (Å²) in [5.41, 5.74) is 1.10. The van der Waals surface area contributed by atoms with Gasteiger partial charge in [-0.2, -0.15) is 0 Å². The Morgan fingerprint density at radius 1 is 1.33 bits per heavy atom. The highest BCUT2D eigenvalue weighted by Gasteiger charge is 2.09. The number of carbonyl (C=O) groups is 1. The third kappa shape index (κ3) is 6.04. The first-order valence-electron chi connectivity index (χ1n) is 7.35.